The number of aromatic nitrogens is 1. The first kappa shape index (κ1) is 22.7. The normalized spacial score (nSPS) is 13.4. The first-order valence-corrected chi connectivity index (χ1v) is 10.6. The Kier molecular flexibility index (Phi) is 7.23. The van der Waals surface area contributed by atoms with Gasteiger partial charge in [0.2, 0.25) is 5.91 Å². The van der Waals surface area contributed by atoms with Crippen molar-refractivity contribution in [3.8, 4) is 0 Å². The van der Waals surface area contributed by atoms with Crippen molar-refractivity contribution in [1.82, 2.24) is 14.8 Å². The summed E-state index contributed by atoms with van der Waals surface area (Å²) >= 11 is 0. The van der Waals surface area contributed by atoms with E-state index in [0.29, 0.717) is 18.4 Å². The van der Waals surface area contributed by atoms with Crippen molar-refractivity contribution in [3.63, 3.8) is 0 Å². The zero-order valence-corrected chi connectivity index (χ0v) is 18.6. The number of hydrogen-bond donors (Lipinski definition) is 1. The third-order valence-corrected chi connectivity index (χ3v) is 5.93. The fourth-order valence-corrected chi connectivity index (χ4v) is 3.85. The lowest BCUT2D eigenvalue weighted by Gasteiger charge is -2.31. The fourth-order valence-electron chi connectivity index (χ4n) is 3.85. The molecule has 0 saturated heterocycles. The second-order valence-electron chi connectivity index (χ2n) is 8.21. The minimum atomic E-state index is -0.542. The van der Waals surface area contributed by atoms with Crippen LogP contribution in [0.25, 0.3) is 10.9 Å². The van der Waals surface area contributed by atoms with E-state index < -0.39 is 12.1 Å². The number of aryl methyl sites for hydroxylation is 1. The topological polar surface area (TPSA) is 56.4 Å². The van der Waals surface area contributed by atoms with Crippen molar-refractivity contribution in [3.05, 3.63) is 71.2 Å². The molecule has 0 radical (unpaired) electrons. The van der Waals surface area contributed by atoms with Crippen LogP contribution in [0.5, 0.6) is 0 Å². The number of carbonyl (C=O) groups is 2. The van der Waals surface area contributed by atoms with Crippen molar-refractivity contribution in [2.75, 3.05) is 21.1 Å². The Labute approximate surface area is 182 Å². The molecule has 0 aliphatic rings. The van der Waals surface area contributed by atoms with Gasteiger partial charge >= 0.3 is 0 Å². The maximum atomic E-state index is 13.5. The summed E-state index contributed by atoms with van der Waals surface area (Å²) in [6.07, 6.45) is 4.55. The largest absolute Gasteiger partial charge is 0.361 e. The lowest BCUT2D eigenvalue weighted by Crippen LogP contribution is -2.50. The van der Waals surface area contributed by atoms with E-state index in [9.17, 15) is 14.0 Å². The molecule has 3 rings (SSSR count). The molecule has 1 aromatic heterocycles. The molecule has 0 bridgehead atoms. The van der Waals surface area contributed by atoms with Gasteiger partial charge < -0.3 is 14.7 Å². The predicted molar refractivity (Wildman–Crippen MR) is 122 cm³/mol. The standard InChI is InChI=1S/C25H30FN3O2/c1-5-17-6-8-18(9-7-17)12-21(16-30)29(4)25(31)24(28(2)3)13-19-15-27-23-14-20(26)10-11-22(19)23/h6-11,14-16,21,24,27H,5,12-13H2,1-4H3. The van der Waals surface area contributed by atoms with Crippen LogP contribution in [0.3, 0.4) is 0 Å². The number of aldehydes is 1. The molecule has 2 unspecified atom stereocenters. The number of hydrogen-bond acceptors (Lipinski definition) is 3. The third kappa shape index (κ3) is 5.20. The van der Waals surface area contributed by atoms with Crippen LogP contribution in [-0.2, 0) is 28.9 Å². The molecular weight excluding hydrogens is 393 g/mol. The van der Waals surface area contributed by atoms with Crippen molar-refractivity contribution >= 4 is 23.1 Å². The van der Waals surface area contributed by atoms with Gasteiger partial charge in [0, 0.05) is 24.1 Å². The number of carbonyl (C=O) groups excluding carboxylic acids is 2. The molecule has 0 aliphatic carbocycles. The Morgan fingerprint density at radius 3 is 2.35 bits per heavy atom. The van der Waals surface area contributed by atoms with Crippen LogP contribution in [0.4, 0.5) is 4.39 Å². The van der Waals surface area contributed by atoms with E-state index in [0.717, 1.165) is 29.2 Å². The monoisotopic (exact) mass is 423 g/mol. The first-order valence-electron chi connectivity index (χ1n) is 10.6. The molecule has 5 nitrogen and oxygen atoms in total. The Morgan fingerprint density at radius 2 is 1.74 bits per heavy atom. The van der Waals surface area contributed by atoms with Gasteiger partial charge in [0.05, 0.1) is 12.1 Å². The summed E-state index contributed by atoms with van der Waals surface area (Å²) in [6.45, 7) is 2.10. The summed E-state index contributed by atoms with van der Waals surface area (Å²) in [4.78, 5) is 31.7. The smallest absolute Gasteiger partial charge is 0.240 e. The van der Waals surface area contributed by atoms with E-state index >= 15 is 0 Å². The van der Waals surface area contributed by atoms with E-state index in [-0.39, 0.29) is 11.7 Å². The molecule has 1 heterocycles. The second kappa shape index (κ2) is 9.88. The van der Waals surface area contributed by atoms with Crippen molar-refractivity contribution < 1.29 is 14.0 Å². The Balaban J connectivity index is 1.77. The molecule has 2 atom stereocenters. The number of aromatic amines is 1. The zero-order valence-electron chi connectivity index (χ0n) is 18.6. The molecule has 3 aromatic rings. The maximum Gasteiger partial charge on any atom is 0.240 e. The van der Waals surface area contributed by atoms with E-state index in [4.69, 9.17) is 0 Å². The number of benzene rings is 2. The highest BCUT2D eigenvalue weighted by atomic mass is 19.1. The maximum absolute atomic E-state index is 13.5. The summed E-state index contributed by atoms with van der Waals surface area (Å²) in [5.74, 6) is -0.426. The predicted octanol–water partition coefficient (Wildman–Crippen LogP) is 3.61. The molecule has 0 spiro atoms. The van der Waals surface area contributed by atoms with Gasteiger partial charge in [-0.15, -0.1) is 0 Å². The highest BCUT2D eigenvalue weighted by Crippen LogP contribution is 2.22. The van der Waals surface area contributed by atoms with Crippen molar-refractivity contribution in [2.24, 2.45) is 0 Å². The number of H-pyrrole nitrogens is 1. The van der Waals surface area contributed by atoms with Crippen LogP contribution in [-0.4, -0.2) is 60.2 Å². The van der Waals surface area contributed by atoms with Crippen LogP contribution in [0.15, 0.2) is 48.7 Å². The highest BCUT2D eigenvalue weighted by molar-refractivity contribution is 5.87. The molecule has 164 valence electrons. The highest BCUT2D eigenvalue weighted by Gasteiger charge is 2.29. The number of nitrogens with zero attached hydrogens (tertiary/aromatic N) is 2. The van der Waals surface area contributed by atoms with Crippen LogP contribution in [0, 0.1) is 5.82 Å². The molecule has 1 amide bonds. The van der Waals surface area contributed by atoms with Gasteiger partial charge in [-0.1, -0.05) is 31.2 Å². The SMILES string of the molecule is CCc1ccc(CC(C=O)N(C)C(=O)C(Cc2c[nH]c3cc(F)ccc23)N(C)C)cc1. The first-order chi connectivity index (χ1) is 14.8. The van der Waals surface area contributed by atoms with Crippen LogP contribution in [0.2, 0.25) is 0 Å². The summed E-state index contributed by atoms with van der Waals surface area (Å²) in [5, 5.41) is 0.895. The summed E-state index contributed by atoms with van der Waals surface area (Å²) < 4.78 is 13.5. The Hall–Kier alpha value is -2.99. The Bertz CT molecular complexity index is 1040. The van der Waals surface area contributed by atoms with Gasteiger partial charge in [-0.25, -0.2) is 4.39 Å². The van der Waals surface area contributed by atoms with E-state index in [1.165, 1.54) is 17.7 Å². The second-order valence-corrected chi connectivity index (χ2v) is 8.21. The number of halogens is 1. The third-order valence-electron chi connectivity index (χ3n) is 5.93. The minimum Gasteiger partial charge on any atom is -0.361 e. The molecule has 0 saturated carbocycles. The zero-order chi connectivity index (χ0) is 22.5. The Morgan fingerprint density at radius 1 is 1.06 bits per heavy atom. The van der Waals surface area contributed by atoms with E-state index in [1.807, 2.05) is 37.3 Å². The average molecular weight is 424 g/mol. The molecular formula is C25H30FN3O2. The summed E-state index contributed by atoms with van der Waals surface area (Å²) in [7, 11) is 5.39. The minimum absolute atomic E-state index is 0.122. The molecule has 2 aromatic carbocycles. The van der Waals surface area contributed by atoms with Crippen LogP contribution in [0.1, 0.15) is 23.6 Å². The summed E-state index contributed by atoms with van der Waals surface area (Å²) in [6, 6.07) is 11.8. The van der Waals surface area contributed by atoms with Gasteiger partial charge in [0.1, 0.15) is 12.1 Å². The number of fused-ring (bicyclic) bond motifs is 1. The molecule has 0 fully saturated rings. The molecule has 0 aliphatic heterocycles. The van der Waals surface area contributed by atoms with Gasteiger partial charge in [-0.2, -0.15) is 0 Å². The lowest BCUT2D eigenvalue weighted by atomic mass is 10.0. The van der Waals surface area contributed by atoms with Gasteiger partial charge in [0.15, 0.2) is 0 Å². The molecule has 1 N–H and O–H groups in total. The van der Waals surface area contributed by atoms with Crippen LogP contribution < -0.4 is 0 Å². The number of nitrogens with one attached hydrogen (secondary N) is 1. The number of likely N-dealkylation sites (N-methyl/N-ethyl adjacent to an activating group) is 2. The van der Waals surface area contributed by atoms with Crippen molar-refractivity contribution in [2.45, 2.75) is 38.3 Å². The quantitative estimate of drug-likeness (QED) is 0.535. The fraction of sp³-hybridized carbons (Fsp3) is 0.360. The molecule has 6 heteroatoms. The van der Waals surface area contributed by atoms with E-state index in [1.54, 1.807) is 18.0 Å². The van der Waals surface area contributed by atoms with Gasteiger partial charge in [0.25, 0.3) is 0 Å². The van der Waals surface area contributed by atoms with E-state index in [2.05, 4.69) is 24.0 Å². The molecule has 31 heavy (non-hydrogen) atoms. The van der Waals surface area contributed by atoms with Crippen molar-refractivity contribution in [1.29, 1.82) is 0 Å². The number of amides is 1. The van der Waals surface area contributed by atoms with Crippen LogP contribution >= 0.6 is 0 Å². The summed E-state index contributed by atoms with van der Waals surface area (Å²) in [5.41, 5.74) is 3.90. The number of rotatable bonds is 9. The van der Waals surface area contributed by atoms with Gasteiger partial charge in [-0.3, -0.25) is 9.69 Å². The lowest BCUT2D eigenvalue weighted by molar-refractivity contribution is -0.139. The van der Waals surface area contributed by atoms with Gasteiger partial charge in [-0.05, 0) is 68.2 Å². The average Bonchev–Trinajstić information content (AvgIpc) is 3.16.